The first-order valence-electron chi connectivity index (χ1n) is 19.4. The van der Waals surface area contributed by atoms with Crippen LogP contribution in [0.4, 0.5) is 0 Å². The van der Waals surface area contributed by atoms with Crippen molar-refractivity contribution in [3.05, 3.63) is 0 Å². The Labute approximate surface area is 344 Å². The van der Waals surface area contributed by atoms with Crippen LogP contribution in [0.1, 0.15) is 0 Å². The van der Waals surface area contributed by atoms with Gasteiger partial charge in [-0.1, -0.05) is 0 Å². The Morgan fingerprint density at radius 3 is 1.38 bits per heavy atom. The molecule has 0 saturated carbocycles. The molecule has 28 heteroatoms. The van der Waals surface area contributed by atoms with E-state index in [0.29, 0.717) is 0 Å². The minimum absolute atomic E-state index is 0.495. The first-order chi connectivity index (χ1) is 28.9. The van der Waals surface area contributed by atoms with Crippen LogP contribution in [0.3, 0.4) is 0 Å². The summed E-state index contributed by atoms with van der Waals surface area (Å²) in [6, 6.07) is 0. The molecule has 17 N–H and O–H groups in total. The SMILES string of the molecule is OC[C@@H]1O[C@@H](O[C@H]2[C@@H](OC[C@H]3O[C@@H](O[C@H]4[C@H](O)[C@@H](O)[C@H](O[C@H]5[C@H](O)[C@@H](O)C(O)O[C@@H]5CO)O[C@@H]4CO[C@H]4OC[C@@H](O)[C@H](O)[C@H]4O)[C@H](O)[C@@H](O)[C@@H]3O)OC[C@@H](O)[C@@H]2O)[C@H](O)[C@H]1O. The minimum Gasteiger partial charge on any atom is -0.394 e. The third kappa shape index (κ3) is 10.5. The van der Waals surface area contributed by atoms with Gasteiger partial charge in [-0.25, -0.2) is 0 Å². The molecule has 0 aromatic rings. The van der Waals surface area contributed by atoms with Crippen LogP contribution in [0.2, 0.25) is 0 Å². The van der Waals surface area contributed by atoms with Crippen LogP contribution in [0, 0.1) is 0 Å². The summed E-state index contributed by atoms with van der Waals surface area (Å²) in [6.07, 6.45) is -48.1. The van der Waals surface area contributed by atoms with Crippen LogP contribution >= 0.6 is 0 Å². The Hall–Kier alpha value is -1.12. The van der Waals surface area contributed by atoms with Gasteiger partial charge in [0.25, 0.3) is 0 Å². The standard InChI is InChI=1S/C33H56O28/c34-1-9-15(40)22(47)30(56-9)61-27-14(39)8(37)4-52-33(27)54-5-11-16(41)17(42)23(48)31(57-11)60-26-12(6-53-29-21(46)13(38)7(36)3-51-29)58-32(24(49)19(26)44)59-25-10(2-35)55-28(50)20(45)18(25)43/h7-50H,1-6H2/t7-,8-,9+,10-,11-,12-,13+,14+,15+,16-,17+,18-,19-,20-,21-,22-,23-,24-,25-,26-,27-,28?,29-,30+,31+,32+,33-/m1/s1. The zero-order valence-corrected chi connectivity index (χ0v) is 31.9. The van der Waals surface area contributed by atoms with Crippen LogP contribution in [0.25, 0.3) is 0 Å². The van der Waals surface area contributed by atoms with Crippen LogP contribution in [-0.2, 0) is 52.1 Å². The van der Waals surface area contributed by atoms with Crippen molar-refractivity contribution < 1.29 is 139 Å². The van der Waals surface area contributed by atoms with Gasteiger partial charge in [0, 0.05) is 0 Å². The molecule has 6 heterocycles. The lowest BCUT2D eigenvalue weighted by atomic mass is 9.96. The lowest BCUT2D eigenvalue weighted by Crippen LogP contribution is -2.67. The summed E-state index contributed by atoms with van der Waals surface area (Å²) in [6.45, 7) is -4.14. The molecule has 0 aromatic carbocycles. The topological polar surface area (TPSA) is 445 Å². The minimum atomic E-state index is -2.14. The highest BCUT2D eigenvalue weighted by atomic mass is 16.8. The van der Waals surface area contributed by atoms with Crippen molar-refractivity contribution in [1.29, 1.82) is 0 Å². The quantitative estimate of drug-likeness (QED) is 0.0769. The molecule has 0 spiro atoms. The van der Waals surface area contributed by atoms with E-state index in [4.69, 9.17) is 52.1 Å². The monoisotopic (exact) mass is 900 g/mol. The van der Waals surface area contributed by atoms with Gasteiger partial charge < -0.3 is 139 Å². The number of aliphatic hydroxyl groups excluding tert-OH is 17. The summed E-state index contributed by atoms with van der Waals surface area (Å²) < 4.78 is 60.9. The van der Waals surface area contributed by atoms with Crippen LogP contribution < -0.4 is 0 Å². The van der Waals surface area contributed by atoms with E-state index in [9.17, 15) is 86.8 Å². The van der Waals surface area contributed by atoms with Gasteiger partial charge in [-0.15, -0.1) is 0 Å². The van der Waals surface area contributed by atoms with Crippen molar-refractivity contribution in [2.75, 3.05) is 39.6 Å². The molecule has 28 nitrogen and oxygen atoms in total. The number of aliphatic hydroxyl groups is 17. The summed E-state index contributed by atoms with van der Waals surface area (Å²) in [5, 5.41) is 177. The molecule has 61 heavy (non-hydrogen) atoms. The molecule has 356 valence electrons. The summed E-state index contributed by atoms with van der Waals surface area (Å²) in [4.78, 5) is 0. The van der Waals surface area contributed by atoms with Gasteiger partial charge >= 0.3 is 0 Å². The first-order valence-corrected chi connectivity index (χ1v) is 19.4. The zero-order valence-electron chi connectivity index (χ0n) is 31.9. The second-order valence-corrected chi connectivity index (χ2v) is 15.5. The molecule has 6 fully saturated rings. The molecule has 0 aromatic heterocycles. The number of ether oxygens (including phenoxy) is 11. The lowest BCUT2D eigenvalue weighted by molar-refractivity contribution is -0.384. The zero-order chi connectivity index (χ0) is 44.6. The van der Waals surface area contributed by atoms with E-state index in [1.165, 1.54) is 0 Å². The lowest BCUT2D eigenvalue weighted by Gasteiger charge is -2.48. The van der Waals surface area contributed by atoms with E-state index in [0.717, 1.165) is 0 Å². The fourth-order valence-electron chi connectivity index (χ4n) is 7.52. The summed E-state index contributed by atoms with van der Waals surface area (Å²) in [7, 11) is 0. The highest BCUT2D eigenvalue weighted by Crippen LogP contribution is 2.34. The number of rotatable bonds is 14. The number of hydrogen-bond donors (Lipinski definition) is 17. The molecule has 0 radical (unpaired) electrons. The molecule has 27 atom stereocenters. The summed E-state index contributed by atoms with van der Waals surface area (Å²) in [5.74, 6) is 0. The second-order valence-electron chi connectivity index (χ2n) is 15.5. The largest absolute Gasteiger partial charge is 0.394 e. The van der Waals surface area contributed by atoms with Crippen molar-refractivity contribution in [3.8, 4) is 0 Å². The normalized spacial score (nSPS) is 53.6. The number of hydrogen-bond acceptors (Lipinski definition) is 28. The Bertz CT molecular complexity index is 1360. The van der Waals surface area contributed by atoms with Gasteiger partial charge in [0.2, 0.25) is 0 Å². The highest BCUT2D eigenvalue weighted by molar-refractivity contribution is 4.97. The average Bonchev–Trinajstić information content (AvgIpc) is 3.52. The molecule has 6 rings (SSSR count). The van der Waals surface area contributed by atoms with E-state index >= 15 is 0 Å². The predicted molar refractivity (Wildman–Crippen MR) is 181 cm³/mol. The second kappa shape index (κ2) is 21.0. The van der Waals surface area contributed by atoms with Crippen LogP contribution in [0.5, 0.6) is 0 Å². The van der Waals surface area contributed by atoms with Gasteiger partial charge in [0.15, 0.2) is 37.7 Å². The molecule has 1 unspecified atom stereocenters. The Balaban J connectivity index is 1.17. The van der Waals surface area contributed by atoms with E-state index < -0.39 is 206 Å². The average molecular weight is 901 g/mol. The predicted octanol–water partition coefficient (Wildman–Crippen LogP) is -12.2. The maximum atomic E-state index is 11.4. The third-order valence-electron chi connectivity index (χ3n) is 11.3. The van der Waals surface area contributed by atoms with Crippen molar-refractivity contribution in [2.24, 2.45) is 0 Å². The van der Waals surface area contributed by atoms with E-state index in [1.807, 2.05) is 0 Å². The van der Waals surface area contributed by atoms with Gasteiger partial charge in [-0.2, -0.15) is 0 Å². The molecular formula is C33H56O28. The summed E-state index contributed by atoms with van der Waals surface area (Å²) in [5.41, 5.74) is 0. The molecule has 0 aliphatic carbocycles. The van der Waals surface area contributed by atoms with Crippen LogP contribution in [-0.4, -0.2) is 292 Å². The van der Waals surface area contributed by atoms with Crippen molar-refractivity contribution in [2.45, 2.75) is 166 Å². The smallest absolute Gasteiger partial charge is 0.187 e. The van der Waals surface area contributed by atoms with Gasteiger partial charge in [-0.3, -0.25) is 0 Å². The molecule has 0 bridgehead atoms. The van der Waals surface area contributed by atoms with Gasteiger partial charge in [-0.05, 0) is 0 Å². The maximum absolute atomic E-state index is 11.4. The van der Waals surface area contributed by atoms with Crippen molar-refractivity contribution >= 4 is 0 Å². The Morgan fingerprint density at radius 2 is 0.770 bits per heavy atom. The molecule has 6 saturated heterocycles. The molecule has 6 aliphatic heterocycles. The Kier molecular flexibility index (Phi) is 17.0. The fourth-order valence-corrected chi connectivity index (χ4v) is 7.52. The molecular weight excluding hydrogens is 844 g/mol. The summed E-state index contributed by atoms with van der Waals surface area (Å²) >= 11 is 0. The van der Waals surface area contributed by atoms with Crippen LogP contribution in [0.15, 0.2) is 0 Å². The third-order valence-corrected chi connectivity index (χ3v) is 11.3. The van der Waals surface area contributed by atoms with E-state index in [2.05, 4.69) is 0 Å². The van der Waals surface area contributed by atoms with Gasteiger partial charge in [0.1, 0.15) is 128 Å². The van der Waals surface area contributed by atoms with Crippen molar-refractivity contribution in [1.82, 2.24) is 0 Å². The Morgan fingerprint density at radius 1 is 0.344 bits per heavy atom. The maximum Gasteiger partial charge on any atom is 0.187 e. The van der Waals surface area contributed by atoms with E-state index in [1.54, 1.807) is 0 Å². The molecule has 6 aliphatic rings. The first kappa shape index (κ1) is 49.3. The van der Waals surface area contributed by atoms with Gasteiger partial charge in [0.05, 0.1) is 39.6 Å². The molecule has 0 amide bonds. The van der Waals surface area contributed by atoms with E-state index in [-0.39, 0.29) is 0 Å². The fraction of sp³-hybridized carbons (Fsp3) is 1.00. The highest BCUT2D eigenvalue weighted by Gasteiger charge is 2.55. The van der Waals surface area contributed by atoms with Crippen molar-refractivity contribution in [3.63, 3.8) is 0 Å².